The number of aromatic nitrogens is 4. The molecule has 1 N–H and O–H groups in total. The number of rotatable bonds is 7. The lowest BCUT2D eigenvalue weighted by molar-refractivity contribution is 0.463. The first kappa shape index (κ1) is 22.6. The van der Waals surface area contributed by atoms with Gasteiger partial charge in [-0.3, -0.25) is 4.57 Å². The van der Waals surface area contributed by atoms with Crippen LogP contribution in [0.25, 0.3) is 0 Å². The molecule has 2 heterocycles. The molecule has 0 aliphatic rings. The lowest BCUT2D eigenvalue weighted by atomic mass is 10.2. The molecule has 0 bridgehead atoms. The molecule has 2 aromatic carbocycles. The molecule has 0 unspecified atom stereocenters. The van der Waals surface area contributed by atoms with E-state index in [9.17, 15) is 9.59 Å². The molecule has 0 radical (unpaired) electrons. The molecule has 0 saturated heterocycles. The minimum atomic E-state index is -0.621. The summed E-state index contributed by atoms with van der Waals surface area (Å²) in [5.41, 5.74) is 0.378. The molecule has 2 aromatic heterocycles. The number of anilines is 2. The summed E-state index contributed by atoms with van der Waals surface area (Å²) < 4.78 is 8.18. The van der Waals surface area contributed by atoms with E-state index in [1.54, 1.807) is 61.5 Å². The number of nitrogens with one attached hydrogen (secondary N) is 1. The molecule has 0 amide bonds. The first-order chi connectivity index (χ1) is 15.9. The monoisotopic (exact) mass is 483 g/mol. The zero-order chi connectivity index (χ0) is 23.4. The summed E-state index contributed by atoms with van der Waals surface area (Å²) in [5.74, 6) is 1.04. The van der Waals surface area contributed by atoms with Crippen molar-refractivity contribution in [3.8, 4) is 11.6 Å². The third kappa shape index (κ3) is 5.42. The van der Waals surface area contributed by atoms with Crippen molar-refractivity contribution in [2.24, 2.45) is 0 Å². The fraction of sp³-hybridized carbons (Fsp3) is 0.130. The first-order valence-electron chi connectivity index (χ1n) is 10.1. The standard InChI is InChI=1S/C23H19Cl2N5O3/c1-2-29-22(31)28-21(30(23(29)32)14-15-6-8-16(24)9-7-15)26-17-10-12-18(13-11-17)33-20-5-3-4-19(25)27-20/h3-13H,2,14H2,1H3,(H,26,28,31). The summed E-state index contributed by atoms with van der Waals surface area (Å²) in [6.45, 7) is 2.15. The molecular formula is C23H19Cl2N5O3. The van der Waals surface area contributed by atoms with Crippen molar-refractivity contribution in [3.05, 3.63) is 103 Å². The van der Waals surface area contributed by atoms with Gasteiger partial charge in [0.25, 0.3) is 0 Å². The van der Waals surface area contributed by atoms with Gasteiger partial charge in [-0.25, -0.2) is 19.1 Å². The molecule has 0 aliphatic heterocycles. The maximum absolute atomic E-state index is 13.0. The zero-order valence-corrected chi connectivity index (χ0v) is 19.0. The number of ether oxygens (including phenoxy) is 1. The normalized spacial score (nSPS) is 10.8. The topological polar surface area (TPSA) is 91.0 Å². The van der Waals surface area contributed by atoms with E-state index in [1.165, 1.54) is 4.57 Å². The molecule has 0 saturated carbocycles. The predicted molar refractivity (Wildman–Crippen MR) is 128 cm³/mol. The molecular weight excluding hydrogens is 465 g/mol. The van der Waals surface area contributed by atoms with Crippen LogP contribution in [0.2, 0.25) is 10.2 Å². The Kier molecular flexibility index (Phi) is 6.76. The van der Waals surface area contributed by atoms with Gasteiger partial charge in [-0.05, 0) is 55.0 Å². The van der Waals surface area contributed by atoms with Crippen molar-refractivity contribution in [3.63, 3.8) is 0 Å². The first-order valence-corrected chi connectivity index (χ1v) is 10.8. The molecule has 33 heavy (non-hydrogen) atoms. The molecule has 4 rings (SSSR count). The number of halogens is 2. The van der Waals surface area contributed by atoms with Crippen molar-refractivity contribution in [1.82, 2.24) is 19.1 Å². The van der Waals surface area contributed by atoms with Gasteiger partial charge in [-0.1, -0.05) is 41.4 Å². The van der Waals surface area contributed by atoms with Crippen molar-refractivity contribution >= 4 is 34.8 Å². The van der Waals surface area contributed by atoms with Crippen molar-refractivity contribution in [2.45, 2.75) is 20.0 Å². The van der Waals surface area contributed by atoms with E-state index in [0.29, 0.717) is 27.5 Å². The minimum absolute atomic E-state index is 0.134. The van der Waals surface area contributed by atoms with Crippen LogP contribution in [0.1, 0.15) is 12.5 Å². The van der Waals surface area contributed by atoms with Gasteiger partial charge in [-0.2, -0.15) is 4.98 Å². The highest BCUT2D eigenvalue weighted by Gasteiger charge is 2.13. The van der Waals surface area contributed by atoms with Crippen LogP contribution in [-0.2, 0) is 13.1 Å². The average molecular weight is 484 g/mol. The Morgan fingerprint density at radius 1 is 0.909 bits per heavy atom. The van der Waals surface area contributed by atoms with E-state index in [4.69, 9.17) is 27.9 Å². The highest BCUT2D eigenvalue weighted by atomic mass is 35.5. The molecule has 4 aromatic rings. The van der Waals surface area contributed by atoms with Crippen molar-refractivity contribution < 1.29 is 4.74 Å². The summed E-state index contributed by atoms with van der Waals surface area (Å²) in [4.78, 5) is 33.5. The smallest absolute Gasteiger partial charge is 0.354 e. The van der Waals surface area contributed by atoms with E-state index in [2.05, 4.69) is 15.3 Å². The fourth-order valence-electron chi connectivity index (χ4n) is 3.11. The second kappa shape index (κ2) is 9.89. The molecule has 0 atom stereocenters. The van der Waals surface area contributed by atoms with Crippen LogP contribution in [0.5, 0.6) is 11.6 Å². The second-order valence-electron chi connectivity index (χ2n) is 7.01. The summed E-state index contributed by atoms with van der Waals surface area (Å²) >= 11 is 11.8. The maximum atomic E-state index is 13.0. The van der Waals surface area contributed by atoms with Crippen LogP contribution >= 0.6 is 23.2 Å². The van der Waals surface area contributed by atoms with Gasteiger partial charge < -0.3 is 10.1 Å². The molecule has 10 heteroatoms. The van der Waals surface area contributed by atoms with Crippen LogP contribution < -0.4 is 21.4 Å². The Balaban J connectivity index is 1.62. The Hall–Kier alpha value is -3.62. The third-order valence-corrected chi connectivity index (χ3v) is 5.21. The Bertz CT molecular complexity index is 1380. The van der Waals surface area contributed by atoms with Gasteiger partial charge in [0.2, 0.25) is 11.8 Å². The summed E-state index contributed by atoms with van der Waals surface area (Å²) in [5, 5.41) is 3.98. The highest BCUT2D eigenvalue weighted by molar-refractivity contribution is 6.30. The van der Waals surface area contributed by atoms with E-state index < -0.39 is 11.4 Å². The number of benzene rings is 2. The molecule has 0 fully saturated rings. The predicted octanol–water partition coefficient (Wildman–Crippen LogP) is 4.71. The van der Waals surface area contributed by atoms with Gasteiger partial charge in [0, 0.05) is 23.3 Å². The van der Waals surface area contributed by atoms with Crippen LogP contribution in [-0.4, -0.2) is 19.1 Å². The fourth-order valence-corrected chi connectivity index (χ4v) is 3.39. The molecule has 8 nitrogen and oxygen atoms in total. The number of hydrogen-bond acceptors (Lipinski definition) is 6. The van der Waals surface area contributed by atoms with Crippen LogP contribution in [0, 0.1) is 0 Å². The molecule has 168 valence electrons. The van der Waals surface area contributed by atoms with E-state index >= 15 is 0 Å². The Morgan fingerprint density at radius 3 is 2.30 bits per heavy atom. The second-order valence-corrected chi connectivity index (χ2v) is 7.83. The quantitative estimate of drug-likeness (QED) is 0.382. The van der Waals surface area contributed by atoms with Gasteiger partial charge in [-0.15, -0.1) is 0 Å². The lowest BCUT2D eigenvalue weighted by Crippen LogP contribution is -2.42. The van der Waals surface area contributed by atoms with Crippen molar-refractivity contribution in [1.29, 1.82) is 0 Å². The van der Waals surface area contributed by atoms with Crippen molar-refractivity contribution in [2.75, 3.05) is 5.32 Å². The maximum Gasteiger partial charge on any atom is 0.354 e. The highest BCUT2D eigenvalue weighted by Crippen LogP contribution is 2.24. The summed E-state index contributed by atoms with van der Waals surface area (Å²) in [6, 6.07) is 19.1. The Labute approximate surface area is 199 Å². The van der Waals surface area contributed by atoms with Gasteiger partial charge in [0.1, 0.15) is 10.9 Å². The number of pyridine rings is 1. The average Bonchev–Trinajstić information content (AvgIpc) is 2.79. The van der Waals surface area contributed by atoms with E-state index in [1.807, 2.05) is 12.1 Å². The van der Waals surface area contributed by atoms with Gasteiger partial charge >= 0.3 is 11.4 Å². The summed E-state index contributed by atoms with van der Waals surface area (Å²) in [6.07, 6.45) is 0. The van der Waals surface area contributed by atoms with Gasteiger partial charge in [0.15, 0.2) is 0 Å². The SMILES string of the molecule is CCn1c(=O)nc(Nc2ccc(Oc3cccc(Cl)n3)cc2)n(Cc2ccc(Cl)cc2)c1=O. The zero-order valence-electron chi connectivity index (χ0n) is 17.5. The van der Waals surface area contributed by atoms with Crippen LogP contribution in [0.4, 0.5) is 11.6 Å². The molecule has 0 spiro atoms. The largest absolute Gasteiger partial charge is 0.439 e. The third-order valence-electron chi connectivity index (χ3n) is 4.74. The van der Waals surface area contributed by atoms with E-state index in [0.717, 1.165) is 10.1 Å². The lowest BCUT2D eigenvalue weighted by Gasteiger charge is -2.15. The number of hydrogen-bond donors (Lipinski definition) is 1. The van der Waals surface area contributed by atoms with Crippen LogP contribution in [0.3, 0.4) is 0 Å². The van der Waals surface area contributed by atoms with Crippen LogP contribution in [0.15, 0.2) is 76.3 Å². The van der Waals surface area contributed by atoms with E-state index in [-0.39, 0.29) is 19.0 Å². The minimum Gasteiger partial charge on any atom is -0.439 e. The number of nitrogens with zero attached hydrogens (tertiary/aromatic N) is 4. The summed E-state index contributed by atoms with van der Waals surface area (Å²) in [7, 11) is 0. The Morgan fingerprint density at radius 2 is 1.64 bits per heavy atom. The molecule has 0 aliphatic carbocycles. The van der Waals surface area contributed by atoms with Gasteiger partial charge in [0.05, 0.1) is 6.54 Å².